The fourth-order valence-corrected chi connectivity index (χ4v) is 4.59. The summed E-state index contributed by atoms with van der Waals surface area (Å²) < 4.78 is 7.50. The monoisotopic (exact) mass is 482 g/mol. The van der Waals surface area contributed by atoms with Crippen LogP contribution < -0.4 is 15.0 Å². The lowest BCUT2D eigenvalue weighted by Gasteiger charge is -2.21. The van der Waals surface area contributed by atoms with E-state index in [2.05, 4.69) is 50.5 Å². The summed E-state index contributed by atoms with van der Waals surface area (Å²) in [5, 5.41) is 13.6. The van der Waals surface area contributed by atoms with Crippen molar-refractivity contribution >= 4 is 41.7 Å². The minimum atomic E-state index is -0.360. The number of amides is 1. The predicted octanol–water partition coefficient (Wildman–Crippen LogP) is 4.38. The summed E-state index contributed by atoms with van der Waals surface area (Å²) in [5.74, 6) is 1.53. The Bertz CT molecular complexity index is 1100. The van der Waals surface area contributed by atoms with Gasteiger partial charge in [0.15, 0.2) is 5.71 Å². The molecule has 2 N–H and O–H groups in total. The maximum atomic E-state index is 12.6. The van der Waals surface area contributed by atoms with Crippen molar-refractivity contribution in [3.8, 4) is 11.5 Å². The SMILES string of the molecule is CCN(CC)c1ccc(C=CC2=[N+](CC(=O)NCCS)c3ccc(OC)cc3C2(C)C)c(O)c1. The van der Waals surface area contributed by atoms with E-state index in [0.29, 0.717) is 12.3 Å². The van der Waals surface area contributed by atoms with Gasteiger partial charge in [0.1, 0.15) is 11.5 Å². The Hall–Kier alpha value is -2.93. The number of carbonyl (C=O) groups excluding carboxylic acids is 1. The predicted molar refractivity (Wildman–Crippen MR) is 143 cm³/mol. The van der Waals surface area contributed by atoms with Crippen LogP contribution in [0.1, 0.15) is 38.8 Å². The Kier molecular flexibility index (Phi) is 8.31. The third kappa shape index (κ3) is 5.25. The summed E-state index contributed by atoms with van der Waals surface area (Å²) in [6.45, 7) is 10.9. The number of fused-ring (bicyclic) bond motifs is 1. The lowest BCUT2D eigenvalue weighted by molar-refractivity contribution is -0.425. The molecule has 0 aromatic heterocycles. The van der Waals surface area contributed by atoms with Crippen LogP contribution in [0.3, 0.4) is 0 Å². The molecule has 1 heterocycles. The smallest absolute Gasteiger partial charge is 0.286 e. The van der Waals surface area contributed by atoms with E-state index in [-0.39, 0.29) is 23.6 Å². The van der Waals surface area contributed by atoms with Gasteiger partial charge in [0, 0.05) is 60.4 Å². The summed E-state index contributed by atoms with van der Waals surface area (Å²) in [7, 11) is 1.65. The number of phenolic OH excluding ortho intramolecular Hbond substituents is 1. The van der Waals surface area contributed by atoms with Gasteiger partial charge in [-0.1, -0.05) is 0 Å². The second kappa shape index (κ2) is 11.0. The van der Waals surface area contributed by atoms with Crippen LogP contribution in [0.4, 0.5) is 11.4 Å². The van der Waals surface area contributed by atoms with E-state index in [1.165, 1.54) is 0 Å². The Balaban J connectivity index is 2.02. The molecule has 0 unspecified atom stereocenters. The van der Waals surface area contributed by atoms with Crippen LogP contribution >= 0.6 is 12.6 Å². The quantitative estimate of drug-likeness (QED) is 0.347. The largest absolute Gasteiger partial charge is 0.507 e. The van der Waals surface area contributed by atoms with Crippen LogP contribution in [-0.4, -0.2) is 60.3 Å². The third-order valence-corrected chi connectivity index (χ3v) is 6.62. The van der Waals surface area contributed by atoms with Crippen molar-refractivity contribution < 1.29 is 19.2 Å². The number of phenols is 1. The number of hydrogen-bond acceptors (Lipinski definition) is 5. The minimum absolute atomic E-state index is 0.0640. The number of hydrogen-bond donors (Lipinski definition) is 3. The molecule has 182 valence electrons. The first-order chi connectivity index (χ1) is 16.3. The number of benzene rings is 2. The minimum Gasteiger partial charge on any atom is -0.507 e. The number of anilines is 1. The van der Waals surface area contributed by atoms with Crippen LogP contribution in [0.2, 0.25) is 0 Å². The van der Waals surface area contributed by atoms with Crippen molar-refractivity contribution in [2.75, 3.05) is 43.9 Å². The summed E-state index contributed by atoms with van der Waals surface area (Å²) in [6.07, 6.45) is 3.92. The van der Waals surface area contributed by atoms with Gasteiger partial charge in [-0.25, -0.2) is 0 Å². The normalized spacial score (nSPS) is 14.4. The van der Waals surface area contributed by atoms with Crippen LogP contribution in [-0.2, 0) is 10.2 Å². The molecule has 0 aliphatic carbocycles. The third-order valence-electron chi connectivity index (χ3n) is 6.40. The first-order valence-electron chi connectivity index (χ1n) is 11.7. The number of thiol groups is 1. The number of methoxy groups -OCH3 is 1. The molecule has 0 saturated heterocycles. The van der Waals surface area contributed by atoms with E-state index in [4.69, 9.17) is 4.74 Å². The van der Waals surface area contributed by atoms with Crippen LogP contribution in [0, 0.1) is 0 Å². The summed E-state index contributed by atoms with van der Waals surface area (Å²) in [6, 6.07) is 11.7. The maximum absolute atomic E-state index is 12.6. The summed E-state index contributed by atoms with van der Waals surface area (Å²) in [4.78, 5) is 14.8. The van der Waals surface area contributed by atoms with Crippen molar-refractivity contribution in [1.82, 2.24) is 5.32 Å². The Morgan fingerprint density at radius 1 is 1.18 bits per heavy atom. The molecule has 34 heavy (non-hydrogen) atoms. The molecule has 1 aliphatic rings. The van der Waals surface area contributed by atoms with E-state index in [9.17, 15) is 9.90 Å². The lowest BCUT2D eigenvalue weighted by Crippen LogP contribution is -2.35. The molecular formula is C27H36N3O3S+. The fraction of sp³-hybridized carbons (Fsp3) is 0.407. The number of nitrogens with one attached hydrogen (secondary N) is 1. The van der Waals surface area contributed by atoms with Crippen LogP contribution in [0.15, 0.2) is 42.5 Å². The van der Waals surface area contributed by atoms with Crippen molar-refractivity contribution in [1.29, 1.82) is 0 Å². The molecule has 0 bridgehead atoms. The van der Waals surface area contributed by atoms with E-state index < -0.39 is 0 Å². The average Bonchev–Trinajstić information content (AvgIpc) is 3.03. The van der Waals surface area contributed by atoms with E-state index >= 15 is 0 Å². The van der Waals surface area contributed by atoms with Gasteiger partial charge < -0.3 is 20.1 Å². The second-order valence-corrected chi connectivity index (χ2v) is 9.25. The fourth-order valence-electron chi connectivity index (χ4n) is 4.47. The highest BCUT2D eigenvalue weighted by Crippen LogP contribution is 2.42. The summed E-state index contributed by atoms with van der Waals surface area (Å²) >= 11 is 4.19. The number of carbonyl (C=O) groups is 1. The molecule has 6 nitrogen and oxygen atoms in total. The highest BCUT2D eigenvalue weighted by atomic mass is 32.1. The van der Waals surface area contributed by atoms with Gasteiger partial charge in [-0.15, -0.1) is 0 Å². The highest BCUT2D eigenvalue weighted by Gasteiger charge is 2.45. The Labute approximate surface area is 208 Å². The van der Waals surface area contributed by atoms with E-state index in [1.54, 1.807) is 13.2 Å². The average molecular weight is 483 g/mol. The standard InChI is InChI=1S/C27H35N3O3S/c1-6-29(7-2)20-10-8-19(24(31)16-20)9-13-25-27(3,4)22-17-21(33-5)11-12-23(22)30(25)18-26(32)28-14-15-34/h8-13,16-17H,6-7,14-15,18H2,1-5H3,(H2,28,32,34)/p+1. The van der Waals surface area contributed by atoms with Gasteiger partial charge in [-0.2, -0.15) is 17.2 Å². The number of allylic oxidation sites excluding steroid dienone is 1. The molecule has 1 aliphatic heterocycles. The van der Waals surface area contributed by atoms with Gasteiger partial charge in [-0.3, -0.25) is 4.79 Å². The van der Waals surface area contributed by atoms with Crippen molar-refractivity contribution in [3.63, 3.8) is 0 Å². The molecule has 7 heteroatoms. The molecule has 2 aromatic rings. The molecule has 0 atom stereocenters. The van der Waals surface area contributed by atoms with Crippen LogP contribution in [0.5, 0.6) is 11.5 Å². The molecule has 1 amide bonds. The maximum Gasteiger partial charge on any atom is 0.286 e. The van der Waals surface area contributed by atoms with Crippen LogP contribution in [0.25, 0.3) is 6.08 Å². The Morgan fingerprint density at radius 2 is 1.91 bits per heavy atom. The molecule has 0 spiro atoms. The number of aromatic hydroxyl groups is 1. The molecular weight excluding hydrogens is 446 g/mol. The zero-order valence-corrected chi connectivity index (χ0v) is 21.7. The molecule has 0 saturated carbocycles. The number of ether oxygens (including phenoxy) is 1. The van der Waals surface area contributed by atoms with Crippen molar-refractivity contribution in [2.45, 2.75) is 33.1 Å². The number of nitrogens with zero attached hydrogens (tertiary/aromatic N) is 2. The van der Waals surface area contributed by atoms with E-state index in [1.807, 2.05) is 47.1 Å². The second-order valence-electron chi connectivity index (χ2n) is 8.80. The van der Waals surface area contributed by atoms with E-state index in [0.717, 1.165) is 47.1 Å². The zero-order valence-electron chi connectivity index (χ0n) is 20.8. The Morgan fingerprint density at radius 3 is 2.53 bits per heavy atom. The molecule has 0 fully saturated rings. The molecule has 0 radical (unpaired) electrons. The van der Waals surface area contributed by atoms with Crippen molar-refractivity contribution in [2.24, 2.45) is 0 Å². The van der Waals surface area contributed by atoms with Gasteiger partial charge in [0.2, 0.25) is 12.2 Å². The highest BCUT2D eigenvalue weighted by molar-refractivity contribution is 7.80. The summed E-state index contributed by atoms with van der Waals surface area (Å²) in [5.41, 5.74) is 4.41. The number of rotatable bonds is 10. The first-order valence-corrected chi connectivity index (χ1v) is 12.4. The zero-order chi connectivity index (χ0) is 24.9. The first kappa shape index (κ1) is 25.7. The topological polar surface area (TPSA) is 64.8 Å². The lowest BCUT2D eigenvalue weighted by atomic mass is 9.81. The van der Waals surface area contributed by atoms with Gasteiger partial charge in [0.25, 0.3) is 5.91 Å². The van der Waals surface area contributed by atoms with Gasteiger partial charge in [-0.05, 0) is 58.0 Å². The van der Waals surface area contributed by atoms with Gasteiger partial charge >= 0.3 is 0 Å². The molecule has 2 aromatic carbocycles. The molecule has 3 rings (SSSR count). The van der Waals surface area contributed by atoms with Crippen molar-refractivity contribution in [3.05, 3.63) is 53.6 Å². The van der Waals surface area contributed by atoms with Gasteiger partial charge in [0.05, 0.1) is 12.5 Å².